The number of hydrogen-bond acceptors (Lipinski definition) is 3. The van der Waals surface area contributed by atoms with E-state index in [1.54, 1.807) is 24.3 Å². The van der Waals surface area contributed by atoms with E-state index < -0.39 is 5.97 Å². The Balaban J connectivity index is 1.67. The van der Waals surface area contributed by atoms with Crippen LogP contribution in [-0.4, -0.2) is 22.9 Å². The predicted molar refractivity (Wildman–Crippen MR) is 83.3 cm³/mol. The van der Waals surface area contributed by atoms with Gasteiger partial charge >= 0.3 is 5.97 Å². The molecule has 3 aliphatic rings. The summed E-state index contributed by atoms with van der Waals surface area (Å²) in [5.41, 5.74) is 1.16. The van der Waals surface area contributed by atoms with Gasteiger partial charge in [0.15, 0.2) is 0 Å². The van der Waals surface area contributed by atoms with Crippen molar-refractivity contribution in [2.45, 2.75) is 6.42 Å². The molecule has 1 saturated heterocycles. The molecule has 116 valence electrons. The summed E-state index contributed by atoms with van der Waals surface area (Å²) in [6.07, 6.45) is 7.51. The topological polar surface area (TPSA) is 74.7 Å². The maximum absolute atomic E-state index is 12.7. The SMILES string of the molecule is O=C(O)/C=C/c1cccc(N2C(=O)[C@@H]3[C@@H](C2=O)[C@H]2C=C[C@H]3C2)c1. The summed E-state index contributed by atoms with van der Waals surface area (Å²) in [6, 6.07) is 6.84. The minimum atomic E-state index is -1.04. The van der Waals surface area contributed by atoms with E-state index in [2.05, 4.69) is 12.2 Å². The van der Waals surface area contributed by atoms with Crippen molar-refractivity contribution in [1.82, 2.24) is 0 Å². The third-order valence-corrected chi connectivity index (χ3v) is 5.02. The number of carbonyl (C=O) groups is 3. The van der Waals surface area contributed by atoms with Gasteiger partial charge in [-0.2, -0.15) is 0 Å². The zero-order valence-corrected chi connectivity index (χ0v) is 12.3. The minimum absolute atomic E-state index is 0.129. The number of benzene rings is 1. The van der Waals surface area contributed by atoms with Crippen molar-refractivity contribution < 1.29 is 19.5 Å². The van der Waals surface area contributed by atoms with E-state index in [1.165, 1.54) is 11.0 Å². The van der Waals surface area contributed by atoms with E-state index in [-0.39, 0.29) is 35.5 Å². The summed E-state index contributed by atoms with van der Waals surface area (Å²) in [7, 11) is 0. The quantitative estimate of drug-likeness (QED) is 0.527. The number of imide groups is 1. The van der Waals surface area contributed by atoms with E-state index in [4.69, 9.17) is 5.11 Å². The van der Waals surface area contributed by atoms with Crippen LogP contribution in [-0.2, 0) is 14.4 Å². The van der Waals surface area contributed by atoms with Crippen LogP contribution in [0.5, 0.6) is 0 Å². The molecule has 2 bridgehead atoms. The molecule has 5 heteroatoms. The summed E-state index contributed by atoms with van der Waals surface area (Å²) in [6.45, 7) is 0. The standard InChI is InChI=1S/C18H15NO4/c20-14(21)7-4-10-2-1-3-13(8-10)19-17(22)15-11-5-6-12(9-11)16(15)18(19)23/h1-8,11-12,15-16H,9H2,(H,20,21)/b7-4+/t11-,12-,15-,16-/m0/s1. The number of nitrogens with zero attached hydrogens (tertiary/aromatic N) is 1. The van der Waals surface area contributed by atoms with Gasteiger partial charge in [-0.05, 0) is 42.0 Å². The van der Waals surface area contributed by atoms with Gasteiger partial charge in [-0.3, -0.25) is 9.59 Å². The molecule has 23 heavy (non-hydrogen) atoms. The average Bonchev–Trinajstić information content (AvgIpc) is 3.20. The van der Waals surface area contributed by atoms with Gasteiger partial charge in [0.25, 0.3) is 0 Å². The Hall–Kier alpha value is -2.69. The number of carbonyl (C=O) groups excluding carboxylic acids is 2. The zero-order valence-electron chi connectivity index (χ0n) is 12.3. The van der Waals surface area contributed by atoms with E-state index >= 15 is 0 Å². The third-order valence-electron chi connectivity index (χ3n) is 5.02. The Morgan fingerprint density at radius 2 is 1.78 bits per heavy atom. The largest absolute Gasteiger partial charge is 0.478 e. The number of rotatable bonds is 3. The first-order valence-electron chi connectivity index (χ1n) is 7.63. The van der Waals surface area contributed by atoms with Crippen molar-refractivity contribution in [2.75, 3.05) is 4.90 Å². The van der Waals surface area contributed by atoms with Crippen molar-refractivity contribution in [2.24, 2.45) is 23.7 Å². The van der Waals surface area contributed by atoms with Gasteiger partial charge in [-0.1, -0.05) is 24.3 Å². The minimum Gasteiger partial charge on any atom is -0.478 e. The first kappa shape index (κ1) is 13.9. The molecule has 1 aromatic carbocycles. The highest BCUT2D eigenvalue weighted by Gasteiger charge is 2.59. The molecule has 0 unspecified atom stereocenters. The number of aliphatic carboxylic acids is 1. The fourth-order valence-corrected chi connectivity index (χ4v) is 4.09. The monoisotopic (exact) mass is 309 g/mol. The van der Waals surface area contributed by atoms with Crippen molar-refractivity contribution in [3.8, 4) is 0 Å². The highest BCUT2D eigenvalue weighted by atomic mass is 16.4. The molecule has 1 saturated carbocycles. The fraction of sp³-hybridized carbons (Fsp3) is 0.278. The summed E-state index contributed by atoms with van der Waals surface area (Å²) in [5, 5.41) is 8.70. The Labute approximate surface area is 132 Å². The molecule has 1 heterocycles. The molecule has 1 aliphatic heterocycles. The van der Waals surface area contributed by atoms with Crippen LogP contribution in [0.2, 0.25) is 0 Å². The van der Waals surface area contributed by atoms with Gasteiger partial charge in [-0.15, -0.1) is 0 Å². The second-order valence-electron chi connectivity index (χ2n) is 6.28. The first-order chi connectivity index (χ1) is 11.1. The number of carboxylic acids is 1. The molecule has 4 atom stereocenters. The molecule has 0 spiro atoms. The molecular formula is C18H15NO4. The van der Waals surface area contributed by atoms with E-state index in [0.717, 1.165) is 12.5 Å². The molecule has 0 aromatic heterocycles. The first-order valence-corrected chi connectivity index (χ1v) is 7.63. The van der Waals surface area contributed by atoms with Crippen molar-refractivity contribution in [3.63, 3.8) is 0 Å². The van der Waals surface area contributed by atoms with E-state index in [9.17, 15) is 14.4 Å². The maximum atomic E-state index is 12.7. The molecule has 2 aliphatic carbocycles. The lowest BCUT2D eigenvalue weighted by Gasteiger charge is -2.17. The number of carboxylic acid groups (broad SMARTS) is 1. The molecule has 1 N–H and O–H groups in total. The summed E-state index contributed by atoms with van der Waals surface area (Å²) >= 11 is 0. The second kappa shape index (κ2) is 4.91. The van der Waals surface area contributed by atoms with Crippen LogP contribution in [0.3, 0.4) is 0 Å². The van der Waals surface area contributed by atoms with Crippen molar-refractivity contribution in [3.05, 3.63) is 48.1 Å². The van der Waals surface area contributed by atoms with Crippen LogP contribution < -0.4 is 4.90 Å². The Kier molecular flexibility index (Phi) is 2.98. The summed E-state index contributed by atoms with van der Waals surface area (Å²) < 4.78 is 0. The molecule has 2 amide bonds. The van der Waals surface area contributed by atoms with Gasteiger partial charge in [0, 0.05) is 6.08 Å². The smallest absolute Gasteiger partial charge is 0.328 e. The normalized spacial score (nSPS) is 31.4. The Morgan fingerprint density at radius 1 is 1.13 bits per heavy atom. The van der Waals surface area contributed by atoms with Gasteiger partial charge < -0.3 is 5.11 Å². The lowest BCUT2D eigenvalue weighted by atomic mass is 9.85. The Bertz CT molecular complexity index is 749. The Morgan fingerprint density at radius 3 is 2.39 bits per heavy atom. The van der Waals surface area contributed by atoms with Gasteiger partial charge in [0.05, 0.1) is 17.5 Å². The zero-order chi connectivity index (χ0) is 16.1. The number of anilines is 1. The van der Waals surface area contributed by atoms with E-state index in [1.807, 2.05) is 0 Å². The fourth-order valence-electron chi connectivity index (χ4n) is 4.09. The van der Waals surface area contributed by atoms with Crippen LogP contribution >= 0.6 is 0 Å². The lowest BCUT2D eigenvalue weighted by Crippen LogP contribution is -2.32. The average molecular weight is 309 g/mol. The summed E-state index contributed by atoms with van der Waals surface area (Å²) in [5.74, 6) is -1.39. The molecule has 0 radical (unpaired) electrons. The van der Waals surface area contributed by atoms with Crippen molar-refractivity contribution in [1.29, 1.82) is 0 Å². The number of hydrogen-bond donors (Lipinski definition) is 1. The van der Waals surface area contributed by atoms with Gasteiger partial charge in [0.1, 0.15) is 0 Å². The summed E-state index contributed by atoms with van der Waals surface area (Å²) in [4.78, 5) is 37.3. The van der Waals surface area contributed by atoms with Crippen LogP contribution in [0.4, 0.5) is 5.69 Å². The van der Waals surface area contributed by atoms with Gasteiger partial charge in [0.2, 0.25) is 11.8 Å². The van der Waals surface area contributed by atoms with Crippen LogP contribution in [0, 0.1) is 23.7 Å². The molecule has 4 rings (SSSR count). The van der Waals surface area contributed by atoms with Crippen LogP contribution in [0.25, 0.3) is 6.08 Å². The maximum Gasteiger partial charge on any atom is 0.328 e. The van der Waals surface area contributed by atoms with E-state index in [0.29, 0.717) is 11.3 Å². The third kappa shape index (κ3) is 2.04. The lowest BCUT2D eigenvalue weighted by molar-refractivity contribution is -0.131. The predicted octanol–water partition coefficient (Wildman–Crippen LogP) is 2.10. The highest BCUT2D eigenvalue weighted by molar-refractivity contribution is 6.22. The van der Waals surface area contributed by atoms with Crippen LogP contribution in [0.15, 0.2) is 42.5 Å². The van der Waals surface area contributed by atoms with Crippen LogP contribution in [0.1, 0.15) is 12.0 Å². The number of allylic oxidation sites excluding steroid dienone is 2. The molecule has 5 nitrogen and oxygen atoms in total. The van der Waals surface area contributed by atoms with Gasteiger partial charge in [-0.25, -0.2) is 9.69 Å². The highest BCUT2D eigenvalue weighted by Crippen LogP contribution is 2.53. The second-order valence-corrected chi connectivity index (χ2v) is 6.28. The number of amides is 2. The number of fused-ring (bicyclic) bond motifs is 5. The molecule has 1 aromatic rings. The molecule has 2 fully saturated rings. The van der Waals surface area contributed by atoms with Crippen molar-refractivity contribution >= 4 is 29.5 Å². The molecular weight excluding hydrogens is 294 g/mol.